The second-order valence-electron chi connectivity index (χ2n) is 5.05. The highest BCUT2D eigenvalue weighted by Crippen LogP contribution is 2.32. The Hall–Kier alpha value is -0.200. The Balaban J connectivity index is 2.19. The van der Waals surface area contributed by atoms with E-state index in [1.54, 1.807) is 12.1 Å². The molecule has 0 radical (unpaired) electrons. The maximum atomic E-state index is 13.3. The zero-order valence-electron chi connectivity index (χ0n) is 11.3. The molecule has 1 aromatic carbocycles. The third-order valence-corrected chi connectivity index (χ3v) is 4.58. The smallest absolute Gasteiger partial charge is 0.124 e. The molecular formula is C15H21FINO. The molecule has 1 fully saturated rings. The standard InChI is InChI=1S/C15H21FINO/c1-2-7-18-15(11-5-8-19-9-6-11)13-4-3-12(16)10-14(13)17/h3-4,10-11,15,18H,2,5-9H2,1H3. The van der Waals surface area contributed by atoms with Gasteiger partial charge in [-0.2, -0.15) is 0 Å². The summed E-state index contributed by atoms with van der Waals surface area (Å²) in [6.07, 6.45) is 3.27. The molecule has 2 rings (SSSR count). The molecule has 0 aliphatic carbocycles. The first-order valence-corrected chi connectivity index (χ1v) is 8.06. The van der Waals surface area contributed by atoms with Crippen LogP contribution in [0.3, 0.4) is 0 Å². The van der Waals surface area contributed by atoms with Gasteiger partial charge in [0.05, 0.1) is 0 Å². The quantitative estimate of drug-likeness (QED) is 0.786. The third-order valence-electron chi connectivity index (χ3n) is 3.65. The molecule has 0 aromatic heterocycles. The SMILES string of the molecule is CCCNC(c1ccc(F)cc1I)C1CCOCC1. The zero-order valence-corrected chi connectivity index (χ0v) is 13.5. The maximum Gasteiger partial charge on any atom is 0.124 e. The lowest BCUT2D eigenvalue weighted by atomic mass is 9.87. The first-order chi connectivity index (χ1) is 9.22. The lowest BCUT2D eigenvalue weighted by molar-refractivity contribution is 0.0535. The van der Waals surface area contributed by atoms with Gasteiger partial charge in [-0.3, -0.25) is 0 Å². The largest absolute Gasteiger partial charge is 0.381 e. The molecule has 0 saturated carbocycles. The average molecular weight is 377 g/mol. The van der Waals surface area contributed by atoms with E-state index >= 15 is 0 Å². The van der Waals surface area contributed by atoms with Crippen molar-refractivity contribution in [3.8, 4) is 0 Å². The van der Waals surface area contributed by atoms with Crippen LogP contribution in [0.15, 0.2) is 18.2 Å². The highest BCUT2D eigenvalue weighted by molar-refractivity contribution is 14.1. The van der Waals surface area contributed by atoms with Gasteiger partial charge in [0.2, 0.25) is 0 Å². The van der Waals surface area contributed by atoms with E-state index in [-0.39, 0.29) is 5.82 Å². The third kappa shape index (κ3) is 4.13. The maximum absolute atomic E-state index is 13.3. The van der Waals surface area contributed by atoms with Gasteiger partial charge < -0.3 is 10.1 Å². The number of nitrogens with one attached hydrogen (secondary N) is 1. The minimum absolute atomic E-state index is 0.158. The lowest BCUT2D eigenvalue weighted by Gasteiger charge is -2.32. The van der Waals surface area contributed by atoms with Crippen LogP contribution in [0, 0.1) is 15.3 Å². The van der Waals surface area contributed by atoms with Crippen LogP contribution in [-0.2, 0) is 4.74 Å². The summed E-state index contributed by atoms with van der Waals surface area (Å²) in [5.74, 6) is 0.425. The van der Waals surface area contributed by atoms with E-state index in [2.05, 4.69) is 34.8 Å². The molecule has 1 aromatic rings. The van der Waals surface area contributed by atoms with E-state index in [9.17, 15) is 4.39 Å². The molecule has 2 nitrogen and oxygen atoms in total. The molecule has 0 amide bonds. The topological polar surface area (TPSA) is 21.3 Å². The van der Waals surface area contributed by atoms with E-state index in [4.69, 9.17) is 4.74 Å². The minimum atomic E-state index is -0.158. The summed E-state index contributed by atoms with van der Waals surface area (Å²) >= 11 is 2.24. The Kier molecular flexibility index (Phi) is 6.04. The van der Waals surface area contributed by atoms with Crippen LogP contribution in [0.5, 0.6) is 0 Å². The van der Waals surface area contributed by atoms with Crippen molar-refractivity contribution in [1.29, 1.82) is 0 Å². The summed E-state index contributed by atoms with van der Waals surface area (Å²) in [5.41, 5.74) is 1.22. The summed E-state index contributed by atoms with van der Waals surface area (Å²) in [6, 6.07) is 5.43. The molecule has 1 atom stereocenters. The molecule has 1 aliphatic rings. The fourth-order valence-electron chi connectivity index (χ4n) is 2.63. The van der Waals surface area contributed by atoms with Crippen LogP contribution in [0.4, 0.5) is 4.39 Å². The van der Waals surface area contributed by atoms with Gasteiger partial charge in [-0.05, 0) is 72.0 Å². The molecule has 19 heavy (non-hydrogen) atoms. The van der Waals surface area contributed by atoms with E-state index < -0.39 is 0 Å². The van der Waals surface area contributed by atoms with Gasteiger partial charge in [0.15, 0.2) is 0 Å². The summed E-state index contributed by atoms with van der Waals surface area (Å²) in [6.45, 7) is 4.85. The van der Waals surface area contributed by atoms with Crippen molar-refractivity contribution in [1.82, 2.24) is 5.32 Å². The van der Waals surface area contributed by atoms with Gasteiger partial charge in [0.1, 0.15) is 5.82 Å². The second kappa shape index (κ2) is 7.55. The molecule has 4 heteroatoms. The highest BCUT2D eigenvalue weighted by Gasteiger charge is 2.26. The number of ether oxygens (including phenoxy) is 1. The van der Waals surface area contributed by atoms with Crippen molar-refractivity contribution in [2.45, 2.75) is 32.2 Å². The van der Waals surface area contributed by atoms with Gasteiger partial charge in [-0.1, -0.05) is 13.0 Å². The predicted molar refractivity (Wildman–Crippen MR) is 83.7 cm³/mol. The van der Waals surface area contributed by atoms with Crippen molar-refractivity contribution in [2.75, 3.05) is 19.8 Å². The van der Waals surface area contributed by atoms with Crippen LogP contribution in [0.2, 0.25) is 0 Å². The second-order valence-corrected chi connectivity index (χ2v) is 6.21. The van der Waals surface area contributed by atoms with Crippen molar-refractivity contribution < 1.29 is 9.13 Å². The molecule has 1 N–H and O–H groups in total. The Morgan fingerprint density at radius 1 is 1.42 bits per heavy atom. The first-order valence-electron chi connectivity index (χ1n) is 6.98. The fraction of sp³-hybridized carbons (Fsp3) is 0.600. The Bertz CT molecular complexity index is 407. The molecule has 0 bridgehead atoms. The number of hydrogen-bond acceptors (Lipinski definition) is 2. The summed E-state index contributed by atoms with van der Waals surface area (Å²) in [5, 5.41) is 3.63. The fourth-order valence-corrected chi connectivity index (χ4v) is 3.45. The molecule has 0 spiro atoms. The molecular weight excluding hydrogens is 356 g/mol. The summed E-state index contributed by atoms with van der Waals surface area (Å²) in [7, 11) is 0. The zero-order chi connectivity index (χ0) is 13.7. The Labute approximate surface area is 128 Å². The lowest BCUT2D eigenvalue weighted by Crippen LogP contribution is -2.33. The number of rotatable bonds is 5. The van der Waals surface area contributed by atoms with Crippen molar-refractivity contribution in [3.05, 3.63) is 33.1 Å². The Morgan fingerprint density at radius 3 is 2.79 bits per heavy atom. The minimum Gasteiger partial charge on any atom is -0.381 e. The number of halogens is 2. The van der Waals surface area contributed by atoms with Crippen LogP contribution in [0.1, 0.15) is 37.8 Å². The monoisotopic (exact) mass is 377 g/mol. The van der Waals surface area contributed by atoms with Crippen molar-refractivity contribution >= 4 is 22.6 Å². The molecule has 1 saturated heterocycles. The van der Waals surface area contributed by atoms with Gasteiger partial charge in [0, 0.05) is 22.8 Å². The summed E-state index contributed by atoms with van der Waals surface area (Å²) in [4.78, 5) is 0. The number of hydrogen-bond donors (Lipinski definition) is 1. The van der Waals surface area contributed by atoms with Gasteiger partial charge in [0.25, 0.3) is 0 Å². The van der Waals surface area contributed by atoms with Crippen LogP contribution in [-0.4, -0.2) is 19.8 Å². The normalized spacial score (nSPS) is 18.5. The van der Waals surface area contributed by atoms with Gasteiger partial charge in [-0.25, -0.2) is 4.39 Å². The van der Waals surface area contributed by atoms with Crippen LogP contribution in [0.25, 0.3) is 0 Å². The van der Waals surface area contributed by atoms with E-state index in [0.29, 0.717) is 12.0 Å². The summed E-state index contributed by atoms with van der Waals surface area (Å²) < 4.78 is 19.7. The van der Waals surface area contributed by atoms with E-state index in [0.717, 1.165) is 42.6 Å². The van der Waals surface area contributed by atoms with E-state index in [1.807, 2.05) is 6.07 Å². The first kappa shape index (κ1) is 15.2. The molecule has 1 unspecified atom stereocenters. The molecule has 1 aliphatic heterocycles. The molecule has 1 heterocycles. The molecule has 106 valence electrons. The highest BCUT2D eigenvalue weighted by atomic mass is 127. The number of benzene rings is 1. The van der Waals surface area contributed by atoms with Crippen molar-refractivity contribution in [2.24, 2.45) is 5.92 Å². The van der Waals surface area contributed by atoms with Gasteiger partial charge >= 0.3 is 0 Å². The van der Waals surface area contributed by atoms with Crippen LogP contribution >= 0.6 is 22.6 Å². The van der Waals surface area contributed by atoms with Gasteiger partial charge in [-0.15, -0.1) is 0 Å². The Morgan fingerprint density at radius 2 is 2.16 bits per heavy atom. The van der Waals surface area contributed by atoms with E-state index in [1.165, 1.54) is 5.56 Å². The predicted octanol–water partition coefficient (Wildman–Crippen LogP) is 3.90. The van der Waals surface area contributed by atoms with Crippen molar-refractivity contribution in [3.63, 3.8) is 0 Å². The average Bonchev–Trinajstić information content (AvgIpc) is 2.42. The van der Waals surface area contributed by atoms with Crippen LogP contribution < -0.4 is 5.32 Å².